The minimum Gasteiger partial charge on any atom is -0.438 e. The molecule has 0 atom stereocenters. The standard InChI is InChI=1S/C15H8ClN3O/c16-15-18-13(9-5-7-17-8-6-9)12-10-3-1-2-4-11(10)20-14(12)19-15/h1-8H. The molecule has 3 aromatic heterocycles. The monoisotopic (exact) mass is 281 g/mol. The van der Waals surface area contributed by atoms with Crippen molar-refractivity contribution in [1.29, 1.82) is 0 Å². The first-order valence-corrected chi connectivity index (χ1v) is 6.46. The van der Waals surface area contributed by atoms with Crippen molar-refractivity contribution in [3.63, 3.8) is 0 Å². The highest BCUT2D eigenvalue weighted by atomic mass is 35.5. The van der Waals surface area contributed by atoms with E-state index in [1.165, 1.54) is 0 Å². The molecule has 3 heterocycles. The maximum absolute atomic E-state index is 6.00. The molecule has 0 aliphatic carbocycles. The van der Waals surface area contributed by atoms with E-state index in [4.69, 9.17) is 16.0 Å². The SMILES string of the molecule is Clc1nc(-c2ccncc2)c2c(n1)oc1ccccc12. The Morgan fingerprint density at radius 1 is 0.950 bits per heavy atom. The number of halogens is 1. The number of fused-ring (bicyclic) bond motifs is 3. The Balaban J connectivity index is 2.19. The second-order valence-corrected chi connectivity index (χ2v) is 4.69. The van der Waals surface area contributed by atoms with Gasteiger partial charge >= 0.3 is 0 Å². The summed E-state index contributed by atoms with van der Waals surface area (Å²) in [5.41, 5.74) is 2.96. The number of hydrogen-bond donors (Lipinski definition) is 0. The maximum Gasteiger partial charge on any atom is 0.232 e. The molecule has 96 valence electrons. The normalized spacial score (nSPS) is 11.2. The van der Waals surface area contributed by atoms with Crippen LogP contribution in [0.15, 0.2) is 53.2 Å². The zero-order valence-electron chi connectivity index (χ0n) is 10.2. The fourth-order valence-corrected chi connectivity index (χ4v) is 2.48. The van der Waals surface area contributed by atoms with Crippen molar-refractivity contribution in [3.05, 3.63) is 54.1 Å². The molecule has 0 amide bonds. The van der Waals surface area contributed by atoms with E-state index < -0.39 is 0 Å². The minimum atomic E-state index is 0.170. The Labute approximate surface area is 119 Å². The van der Waals surface area contributed by atoms with Gasteiger partial charge < -0.3 is 4.42 Å². The van der Waals surface area contributed by atoms with Gasteiger partial charge in [-0.2, -0.15) is 4.98 Å². The van der Waals surface area contributed by atoms with Crippen LogP contribution in [0.4, 0.5) is 0 Å². The lowest BCUT2D eigenvalue weighted by Gasteiger charge is -2.02. The van der Waals surface area contributed by atoms with Crippen LogP contribution in [0.3, 0.4) is 0 Å². The van der Waals surface area contributed by atoms with E-state index in [0.29, 0.717) is 5.71 Å². The average Bonchev–Trinajstić information content (AvgIpc) is 2.85. The number of pyridine rings is 1. The molecule has 0 bridgehead atoms. The number of nitrogens with zero attached hydrogens (tertiary/aromatic N) is 3. The Kier molecular flexibility index (Phi) is 2.44. The molecule has 0 saturated heterocycles. The van der Waals surface area contributed by atoms with Crippen LogP contribution in [0.2, 0.25) is 5.28 Å². The van der Waals surface area contributed by atoms with E-state index in [9.17, 15) is 0 Å². The summed E-state index contributed by atoms with van der Waals surface area (Å²) in [5.74, 6) is 0. The molecule has 4 nitrogen and oxygen atoms in total. The lowest BCUT2D eigenvalue weighted by atomic mass is 10.1. The van der Waals surface area contributed by atoms with Gasteiger partial charge in [-0.25, -0.2) is 4.98 Å². The number of para-hydroxylation sites is 1. The molecule has 0 spiro atoms. The van der Waals surface area contributed by atoms with Crippen LogP contribution < -0.4 is 0 Å². The molecule has 0 aliphatic heterocycles. The molecule has 0 aliphatic rings. The summed E-state index contributed by atoms with van der Waals surface area (Å²) in [7, 11) is 0. The van der Waals surface area contributed by atoms with Gasteiger partial charge in [0.15, 0.2) is 0 Å². The zero-order chi connectivity index (χ0) is 13.5. The van der Waals surface area contributed by atoms with Gasteiger partial charge in [-0.05, 0) is 29.8 Å². The zero-order valence-corrected chi connectivity index (χ0v) is 11.0. The number of rotatable bonds is 1. The number of aromatic nitrogens is 3. The van der Waals surface area contributed by atoms with Gasteiger partial charge in [-0.3, -0.25) is 4.98 Å². The first-order chi connectivity index (χ1) is 9.83. The fourth-order valence-electron chi connectivity index (χ4n) is 2.32. The van der Waals surface area contributed by atoms with Crippen molar-refractivity contribution >= 4 is 33.7 Å². The van der Waals surface area contributed by atoms with Gasteiger partial charge in [-0.1, -0.05) is 18.2 Å². The lowest BCUT2D eigenvalue weighted by Crippen LogP contribution is -1.89. The summed E-state index contributed by atoms with van der Waals surface area (Å²) >= 11 is 6.00. The first kappa shape index (κ1) is 11.4. The van der Waals surface area contributed by atoms with Crippen molar-refractivity contribution in [2.24, 2.45) is 0 Å². The fraction of sp³-hybridized carbons (Fsp3) is 0. The number of furan rings is 1. The molecule has 0 radical (unpaired) electrons. The molecule has 4 aromatic rings. The third-order valence-corrected chi connectivity index (χ3v) is 3.33. The Hall–Kier alpha value is -2.46. The largest absolute Gasteiger partial charge is 0.438 e. The quantitative estimate of drug-likeness (QED) is 0.493. The van der Waals surface area contributed by atoms with Gasteiger partial charge in [0.1, 0.15) is 5.58 Å². The average molecular weight is 282 g/mol. The third kappa shape index (κ3) is 1.66. The highest BCUT2D eigenvalue weighted by molar-refractivity contribution is 6.29. The van der Waals surface area contributed by atoms with Gasteiger partial charge in [0, 0.05) is 23.3 Å². The van der Waals surface area contributed by atoms with E-state index >= 15 is 0 Å². The number of hydrogen-bond acceptors (Lipinski definition) is 4. The smallest absolute Gasteiger partial charge is 0.232 e. The van der Waals surface area contributed by atoms with Gasteiger partial charge in [-0.15, -0.1) is 0 Å². The van der Waals surface area contributed by atoms with Gasteiger partial charge in [0.05, 0.1) is 11.1 Å². The van der Waals surface area contributed by atoms with E-state index in [2.05, 4.69) is 15.0 Å². The summed E-state index contributed by atoms with van der Waals surface area (Å²) < 4.78 is 5.74. The summed E-state index contributed by atoms with van der Waals surface area (Å²) in [4.78, 5) is 12.6. The van der Waals surface area contributed by atoms with Crippen molar-refractivity contribution < 1.29 is 4.42 Å². The molecule has 20 heavy (non-hydrogen) atoms. The molecule has 0 fully saturated rings. The van der Waals surface area contributed by atoms with E-state index in [1.807, 2.05) is 36.4 Å². The Morgan fingerprint density at radius 3 is 2.60 bits per heavy atom. The molecule has 0 N–H and O–H groups in total. The highest BCUT2D eigenvalue weighted by Gasteiger charge is 2.16. The first-order valence-electron chi connectivity index (χ1n) is 6.08. The maximum atomic E-state index is 6.00. The minimum absolute atomic E-state index is 0.170. The van der Waals surface area contributed by atoms with Crippen molar-refractivity contribution in [2.75, 3.05) is 0 Å². The van der Waals surface area contributed by atoms with Crippen LogP contribution in [0.25, 0.3) is 33.3 Å². The molecule has 0 unspecified atom stereocenters. The second-order valence-electron chi connectivity index (χ2n) is 4.36. The molecule has 0 saturated carbocycles. The van der Waals surface area contributed by atoms with Crippen LogP contribution in [-0.4, -0.2) is 15.0 Å². The highest BCUT2D eigenvalue weighted by Crippen LogP contribution is 2.34. The Bertz CT molecular complexity index is 918. The van der Waals surface area contributed by atoms with Gasteiger partial charge in [0.25, 0.3) is 0 Å². The van der Waals surface area contributed by atoms with E-state index in [1.54, 1.807) is 12.4 Å². The molecular formula is C15H8ClN3O. The van der Waals surface area contributed by atoms with Crippen molar-refractivity contribution in [3.8, 4) is 11.3 Å². The van der Waals surface area contributed by atoms with Crippen molar-refractivity contribution in [2.45, 2.75) is 0 Å². The summed E-state index contributed by atoms with van der Waals surface area (Å²) in [5, 5.41) is 2.02. The summed E-state index contributed by atoms with van der Waals surface area (Å²) in [6.07, 6.45) is 3.44. The van der Waals surface area contributed by atoms with E-state index in [0.717, 1.165) is 27.6 Å². The summed E-state index contributed by atoms with van der Waals surface area (Å²) in [6, 6.07) is 11.6. The summed E-state index contributed by atoms with van der Waals surface area (Å²) in [6.45, 7) is 0. The van der Waals surface area contributed by atoms with Crippen LogP contribution in [0.5, 0.6) is 0 Å². The molecular weight excluding hydrogens is 274 g/mol. The van der Waals surface area contributed by atoms with Crippen LogP contribution in [0, 0.1) is 0 Å². The van der Waals surface area contributed by atoms with E-state index in [-0.39, 0.29) is 5.28 Å². The third-order valence-electron chi connectivity index (χ3n) is 3.17. The van der Waals surface area contributed by atoms with Crippen LogP contribution >= 0.6 is 11.6 Å². The predicted molar refractivity (Wildman–Crippen MR) is 77.6 cm³/mol. The van der Waals surface area contributed by atoms with Crippen LogP contribution in [0.1, 0.15) is 0 Å². The van der Waals surface area contributed by atoms with Crippen molar-refractivity contribution in [1.82, 2.24) is 15.0 Å². The topological polar surface area (TPSA) is 51.8 Å². The second kappa shape index (κ2) is 4.28. The number of benzene rings is 1. The molecule has 5 heteroatoms. The molecule has 1 aromatic carbocycles. The van der Waals surface area contributed by atoms with Gasteiger partial charge in [0.2, 0.25) is 11.0 Å². The van der Waals surface area contributed by atoms with Crippen LogP contribution in [-0.2, 0) is 0 Å². The lowest BCUT2D eigenvalue weighted by molar-refractivity contribution is 0.653. The predicted octanol–water partition coefficient (Wildman–Crippen LogP) is 4.09. The Morgan fingerprint density at radius 2 is 1.75 bits per heavy atom. The molecule has 4 rings (SSSR count).